The van der Waals surface area contributed by atoms with E-state index in [0.29, 0.717) is 16.8 Å². The Morgan fingerprint density at radius 2 is 1.65 bits per heavy atom. The molecule has 1 aliphatic heterocycles. The highest BCUT2D eigenvalue weighted by Crippen LogP contribution is 2.20. The molecule has 1 heterocycles. The van der Waals surface area contributed by atoms with E-state index in [1.54, 1.807) is 18.2 Å². The van der Waals surface area contributed by atoms with Crippen LogP contribution in [0.4, 0.5) is 5.69 Å². The largest absolute Gasteiger partial charge is 0.345 e. The minimum atomic E-state index is -0.227. The number of benzene rings is 3. The monoisotopic (exact) mass is 455 g/mol. The summed E-state index contributed by atoms with van der Waals surface area (Å²) >= 11 is 0. The summed E-state index contributed by atoms with van der Waals surface area (Å²) in [5.41, 5.74) is 3.74. The first-order chi connectivity index (χ1) is 16.5. The van der Waals surface area contributed by atoms with Crippen LogP contribution >= 0.6 is 0 Å². The Balaban J connectivity index is 1.40. The topological polar surface area (TPSA) is 61.4 Å². The van der Waals surface area contributed by atoms with E-state index in [9.17, 15) is 9.59 Å². The first kappa shape index (κ1) is 23.7. The smallest absolute Gasteiger partial charge is 0.255 e. The van der Waals surface area contributed by atoms with Crippen molar-refractivity contribution in [3.05, 3.63) is 101 Å². The highest BCUT2D eigenvalue weighted by atomic mass is 16.2. The number of likely N-dealkylation sites (tertiary alicyclic amines) is 1. The number of hydrogen-bond acceptors (Lipinski definition) is 3. The summed E-state index contributed by atoms with van der Waals surface area (Å²) in [5.74, 6) is 0.291. The summed E-state index contributed by atoms with van der Waals surface area (Å²) in [5, 5.41) is 5.94. The van der Waals surface area contributed by atoms with Gasteiger partial charge in [0.15, 0.2) is 0 Å². The standard InChI is InChI=1S/C29H33N3O2/c1-21-9-8-18-32(19-21)20-23-14-16-25(17-15-23)28(33)31-27-13-7-6-12-26(27)29(34)30-22(2)24-10-4-3-5-11-24/h3-7,10-17,21-22H,8-9,18-20H2,1-2H3,(H,30,34)(H,31,33)/t21-,22-/m0/s1. The lowest BCUT2D eigenvalue weighted by Gasteiger charge is -2.30. The van der Waals surface area contributed by atoms with Crippen LogP contribution in [0.25, 0.3) is 0 Å². The Morgan fingerprint density at radius 1 is 0.941 bits per heavy atom. The molecular formula is C29H33N3O2. The molecule has 0 spiro atoms. The molecule has 3 aromatic carbocycles. The van der Waals surface area contributed by atoms with Crippen molar-refractivity contribution in [3.63, 3.8) is 0 Å². The second-order valence-electron chi connectivity index (χ2n) is 9.28. The van der Waals surface area contributed by atoms with Crippen LogP contribution in [0.2, 0.25) is 0 Å². The predicted octanol–water partition coefficient (Wildman–Crippen LogP) is 5.66. The highest BCUT2D eigenvalue weighted by Gasteiger charge is 2.18. The minimum Gasteiger partial charge on any atom is -0.345 e. The van der Waals surface area contributed by atoms with Gasteiger partial charge in [0, 0.05) is 18.7 Å². The van der Waals surface area contributed by atoms with Crippen LogP contribution in [0.5, 0.6) is 0 Å². The number of carbonyl (C=O) groups is 2. The lowest BCUT2D eigenvalue weighted by atomic mass is 9.99. The predicted molar refractivity (Wildman–Crippen MR) is 137 cm³/mol. The van der Waals surface area contributed by atoms with Crippen LogP contribution in [0.3, 0.4) is 0 Å². The third kappa shape index (κ3) is 6.12. The summed E-state index contributed by atoms with van der Waals surface area (Å²) in [6.45, 7) is 7.42. The van der Waals surface area contributed by atoms with E-state index in [1.165, 1.54) is 18.4 Å². The van der Waals surface area contributed by atoms with E-state index in [1.807, 2.05) is 67.6 Å². The van der Waals surface area contributed by atoms with E-state index >= 15 is 0 Å². The van der Waals surface area contributed by atoms with Gasteiger partial charge in [-0.2, -0.15) is 0 Å². The van der Waals surface area contributed by atoms with Crippen LogP contribution in [-0.4, -0.2) is 29.8 Å². The van der Waals surface area contributed by atoms with Crippen LogP contribution < -0.4 is 10.6 Å². The Kier molecular flexibility index (Phi) is 7.76. The second kappa shape index (κ2) is 11.1. The molecule has 4 rings (SSSR count). The van der Waals surface area contributed by atoms with Crippen molar-refractivity contribution in [2.45, 2.75) is 39.3 Å². The minimum absolute atomic E-state index is 0.145. The van der Waals surface area contributed by atoms with Crippen LogP contribution in [0.15, 0.2) is 78.9 Å². The number of nitrogens with zero attached hydrogens (tertiary/aromatic N) is 1. The number of carbonyl (C=O) groups excluding carboxylic acids is 2. The molecule has 176 valence electrons. The van der Waals surface area contributed by atoms with E-state index in [2.05, 4.69) is 22.5 Å². The van der Waals surface area contributed by atoms with Crippen molar-refractivity contribution in [2.24, 2.45) is 5.92 Å². The van der Waals surface area contributed by atoms with Gasteiger partial charge in [-0.05, 0) is 67.6 Å². The quantitative estimate of drug-likeness (QED) is 0.483. The number of anilines is 1. The van der Waals surface area contributed by atoms with Gasteiger partial charge in [0.1, 0.15) is 0 Å². The maximum absolute atomic E-state index is 13.0. The van der Waals surface area contributed by atoms with Gasteiger partial charge in [0.2, 0.25) is 0 Å². The number of piperidine rings is 1. The van der Waals surface area contributed by atoms with Gasteiger partial charge in [-0.15, -0.1) is 0 Å². The average molecular weight is 456 g/mol. The number of hydrogen-bond donors (Lipinski definition) is 2. The molecule has 0 radical (unpaired) electrons. The first-order valence-electron chi connectivity index (χ1n) is 12.1. The maximum atomic E-state index is 13.0. The summed E-state index contributed by atoms with van der Waals surface area (Å²) in [7, 11) is 0. The van der Waals surface area contributed by atoms with Crippen molar-refractivity contribution in [1.29, 1.82) is 0 Å². The number of amides is 2. The molecule has 2 N–H and O–H groups in total. The zero-order valence-electron chi connectivity index (χ0n) is 20.0. The summed E-state index contributed by atoms with van der Waals surface area (Å²) in [6.07, 6.45) is 2.55. The molecule has 5 heteroatoms. The Morgan fingerprint density at radius 3 is 2.38 bits per heavy atom. The van der Waals surface area contributed by atoms with Crippen molar-refractivity contribution in [2.75, 3.05) is 18.4 Å². The third-order valence-corrected chi connectivity index (χ3v) is 6.43. The molecule has 0 aromatic heterocycles. The molecule has 34 heavy (non-hydrogen) atoms. The van der Waals surface area contributed by atoms with Crippen molar-refractivity contribution in [3.8, 4) is 0 Å². The molecule has 0 bridgehead atoms. The van der Waals surface area contributed by atoms with Gasteiger partial charge in [0.25, 0.3) is 11.8 Å². The molecule has 1 saturated heterocycles. The van der Waals surface area contributed by atoms with Gasteiger partial charge in [-0.3, -0.25) is 14.5 Å². The highest BCUT2D eigenvalue weighted by molar-refractivity contribution is 6.09. The van der Waals surface area contributed by atoms with Crippen LogP contribution in [0.1, 0.15) is 64.6 Å². The maximum Gasteiger partial charge on any atom is 0.255 e. The van der Waals surface area contributed by atoms with Gasteiger partial charge in [-0.25, -0.2) is 0 Å². The number of nitrogens with one attached hydrogen (secondary N) is 2. The number of rotatable bonds is 7. The van der Waals surface area contributed by atoms with E-state index in [0.717, 1.165) is 31.1 Å². The fraction of sp³-hybridized carbons (Fsp3) is 0.310. The molecule has 3 aromatic rings. The van der Waals surface area contributed by atoms with E-state index < -0.39 is 0 Å². The Hall–Kier alpha value is -3.44. The third-order valence-electron chi connectivity index (χ3n) is 6.43. The molecule has 2 atom stereocenters. The lowest BCUT2D eigenvalue weighted by Crippen LogP contribution is -2.33. The zero-order chi connectivity index (χ0) is 23.9. The van der Waals surface area contributed by atoms with Crippen molar-refractivity contribution in [1.82, 2.24) is 10.2 Å². The number of para-hydroxylation sites is 1. The fourth-order valence-corrected chi connectivity index (χ4v) is 4.53. The van der Waals surface area contributed by atoms with Gasteiger partial charge in [0.05, 0.1) is 17.3 Å². The van der Waals surface area contributed by atoms with Gasteiger partial charge in [-0.1, -0.05) is 61.5 Å². The van der Waals surface area contributed by atoms with Crippen LogP contribution in [0, 0.1) is 5.92 Å². The summed E-state index contributed by atoms with van der Waals surface area (Å²) in [6, 6.07) is 24.5. The van der Waals surface area contributed by atoms with Crippen LogP contribution in [-0.2, 0) is 6.54 Å². The van der Waals surface area contributed by atoms with E-state index in [4.69, 9.17) is 0 Å². The first-order valence-corrected chi connectivity index (χ1v) is 12.1. The normalized spacial score (nSPS) is 17.1. The molecule has 0 saturated carbocycles. The molecule has 1 aliphatic rings. The molecule has 1 fully saturated rings. The van der Waals surface area contributed by atoms with Gasteiger partial charge >= 0.3 is 0 Å². The molecule has 2 amide bonds. The molecular weight excluding hydrogens is 422 g/mol. The van der Waals surface area contributed by atoms with Crippen molar-refractivity contribution >= 4 is 17.5 Å². The summed E-state index contributed by atoms with van der Waals surface area (Å²) in [4.78, 5) is 28.4. The second-order valence-corrected chi connectivity index (χ2v) is 9.28. The lowest BCUT2D eigenvalue weighted by molar-refractivity contribution is 0.0940. The molecule has 5 nitrogen and oxygen atoms in total. The Labute approximate surface area is 202 Å². The zero-order valence-corrected chi connectivity index (χ0v) is 20.0. The fourth-order valence-electron chi connectivity index (χ4n) is 4.53. The molecule has 0 aliphatic carbocycles. The average Bonchev–Trinajstić information content (AvgIpc) is 2.85. The molecule has 0 unspecified atom stereocenters. The van der Waals surface area contributed by atoms with Crippen molar-refractivity contribution < 1.29 is 9.59 Å². The Bertz CT molecular complexity index is 1110. The van der Waals surface area contributed by atoms with E-state index in [-0.39, 0.29) is 17.9 Å². The summed E-state index contributed by atoms with van der Waals surface area (Å²) < 4.78 is 0. The SMILES string of the molecule is C[C@H]1CCCN(Cc2ccc(C(=O)Nc3ccccc3C(=O)N[C@@H](C)c3ccccc3)cc2)C1. The van der Waals surface area contributed by atoms with Gasteiger partial charge < -0.3 is 10.6 Å².